The SMILES string of the molecule is Cc1cc2c(F)c(CN(C)C)ccc2c(-c2ccc3c4c(ccnc24)CCO3)c1C(OC(C)(C)C)C(=O)O. The summed E-state index contributed by atoms with van der Waals surface area (Å²) in [5.41, 5.74) is 4.15. The smallest absolute Gasteiger partial charge is 0.337 e. The van der Waals surface area contributed by atoms with Gasteiger partial charge >= 0.3 is 5.97 Å². The van der Waals surface area contributed by atoms with E-state index < -0.39 is 17.7 Å². The molecule has 0 radical (unpaired) electrons. The van der Waals surface area contributed by atoms with Crippen LogP contribution in [0.25, 0.3) is 32.8 Å². The Hall–Kier alpha value is -3.55. The molecule has 1 N–H and O–H groups in total. The van der Waals surface area contributed by atoms with Crippen LogP contribution in [0, 0.1) is 12.7 Å². The van der Waals surface area contributed by atoms with E-state index in [-0.39, 0.29) is 5.82 Å². The van der Waals surface area contributed by atoms with Gasteiger partial charge in [-0.2, -0.15) is 0 Å². The Morgan fingerprint density at radius 2 is 1.95 bits per heavy atom. The molecule has 0 saturated carbocycles. The van der Waals surface area contributed by atoms with Crippen LogP contribution >= 0.6 is 0 Å². The maximum absolute atomic E-state index is 16.0. The number of ether oxygens (including phenoxy) is 2. The highest BCUT2D eigenvalue weighted by atomic mass is 19.1. The van der Waals surface area contributed by atoms with Crippen LogP contribution in [0.1, 0.15) is 49.1 Å². The quantitative estimate of drug-likeness (QED) is 0.318. The van der Waals surface area contributed by atoms with Crippen molar-refractivity contribution in [2.45, 2.75) is 52.4 Å². The zero-order chi connectivity index (χ0) is 27.4. The molecule has 0 aliphatic carbocycles. The molecule has 1 aliphatic rings. The van der Waals surface area contributed by atoms with Gasteiger partial charge in [0.15, 0.2) is 6.10 Å². The molecule has 5 rings (SSSR count). The van der Waals surface area contributed by atoms with E-state index in [1.54, 1.807) is 18.3 Å². The number of carboxylic acid groups (broad SMARTS) is 1. The first kappa shape index (κ1) is 26.1. The third-order valence-electron chi connectivity index (χ3n) is 6.87. The predicted octanol–water partition coefficient (Wildman–Crippen LogP) is 6.44. The van der Waals surface area contributed by atoms with E-state index in [0.29, 0.717) is 51.7 Å². The van der Waals surface area contributed by atoms with Crippen LogP contribution in [-0.2, 0) is 22.5 Å². The zero-order valence-electron chi connectivity index (χ0n) is 22.7. The molecule has 0 saturated heterocycles. The average molecular weight is 517 g/mol. The van der Waals surface area contributed by atoms with Crippen molar-refractivity contribution in [3.63, 3.8) is 0 Å². The Morgan fingerprint density at radius 3 is 2.63 bits per heavy atom. The molecule has 0 fully saturated rings. The number of fused-ring (bicyclic) bond motifs is 1. The standard InChI is InChI=1S/C31H33FN2O4/c1-17-15-22-20(8-7-19(27(22)32)16-34(5)6)26(24(17)29(30(35)36)38-31(2,3)4)21-9-10-23-25-18(12-14-37-23)11-13-33-28(21)25/h7-11,13,15,29H,12,14,16H2,1-6H3,(H,35,36). The number of aryl methyl sites for hydroxylation is 1. The molecule has 0 spiro atoms. The summed E-state index contributed by atoms with van der Waals surface area (Å²) >= 11 is 0. The van der Waals surface area contributed by atoms with E-state index in [2.05, 4.69) is 0 Å². The van der Waals surface area contributed by atoms with Gasteiger partial charge in [0.1, 0.15) is 11.6 Å². The second-order valence-electron chi connectivity index (χ2n) is 11.2. The number of aromatic nitrogens is 1. The number of hydrogen-bond acceptors (Lipinski definition) is 5. The van der Waals surface area contributed by atoms with Gasteiger partial charge in [-0.15, -0.1) is 0 Å². The highest BCUT2D eigenvalue weighted by Crippen LogP contribution is 2.45. The van der Waals surface area contributed by atoms with Gasteiger partial charge in [-0.25, -0.2) is 9.18 Å². The van der Waals surface area contributed by atoms with E-state index in [9.17, 15) is 9.90 Å². The summed E-state index contributed by atoms with van der Waals surface area (Å²) in [6, 6.07) is 11.2. The molecule has 1 aliphatic heterocycles. The first-order valence-electron chi connectivity index (χ1n) is 12.8. The molecule has 4 aromatic rings. The van der Waals surface area contributed by atoms with Gasteiger partial charge in [-0.1, -0.05) is 12.1 Å². The van der Waals surface area contributed by atoms with Gasteiger partial charge in [0, 0.05) is 46.6 Å². The molecule has 38 heavy (non-hydrogen) atoms. The lowest BCUT2D eigenvalue weighted by molar-refractivity contribution is -0.160. The third-order valence-corrected chi connectivity index (χ3v) is 6.87. The second kappa shape index (κ2) is 9.64. The van der Waals surface area contributed by atoms with Crippen molar-refractivity contribution in [2.24, 2.45) is 0 Å². The minimum atomic E-state index is -1.26. The summed E-state index contributed by atoms with van der Waals surface area (Å²) in [7, 11) is 3.79. The van der Waals surface area contributed by atoms with Crippen molar-refractivity contribution >= 4 is 27.6 Å². The highest BCUT2D eigenvalue weighted by Gasteiger charge is 2.33. The van der Waals surface area contributed by atoms with Gasteiger partial charge in [0.25, 0.3) is 0 Å². The van der Waals surface area contributed by atoms with Crippen molar-refractivity contribution in [2.75, 3.05) is 20.7 Å². The predicted molar refractivity (Wildman–Crippen MR) is 147 cm³/mol. The molecule has 0 amide bonds. The summed E-state index contributed by atoms with van der Waals surface area (Å²) in [6.45, 7) is 8.34. The first-order valence-corrected chi connectivity index (χ1v) is 12.8. The molecule has 198 valence electrons. The number of hydrogen-bond donors (Lipinski definition) is 1. The van der Waals surface area contributed by atoms with Crippen molar-refractivity contribution in [3.8, 4) is 16.9 Å². The lowest BCUT2D eigenvalue weighted by Gasteiger charge is -2.29. The maximum Gasteiger partial charge on any atom is 0.337 e. The number of carboxylic acids is 1. The lowest BCUT2D eigenvalue weighted by atomic mass is 9.85. The lowest BCUT2D eigenvalue weighted by Crippen LogP contribution is -2.28. The Morgan fingerprint density at radius 1 is 1.18 bits per heavy atom. The number of rotatable bonds is 6. The minimum absolute atomic E-state index is 0.310. The Balaban J connectivity index is 1.91. The summed E-state index contributed by atoms with van der Waals surface area (Å²) in [5.74, 6) is -0.668. The maximum atomic E-state index is 16.0. The molecular formula is C31H33FN2O4. The molecular weight excluding hydrogens is 483 g/mol. The Kier molecular flexibility index (Phi) is 6.61. The number of halogens is 1. The van der Waals surface area contributed by atoms with Crippen molar-refractivity contribution < 1.29 is 23.8 Å². The number of benzene rings is 3. The fourth-order valence-electron chi connectivity index (χ4n) is 5.41. The van der Waals surface area contributed by atoms with Crippen molar-refractivity contribution in [1.82, 2.24) is 9.88 Å². The summed E-state index contributed by atoms with van der Waals surface area (Å²) in [6.07, 6.45) is 1.26. The van der Waals surface area contributed by atoms with Gasteiger partial charge in [-0.05, 0) is 88.1 Å². The van der Waals surface area contributed by atoms with Crippen molar-refractivity contribution in [3.05, 3.63) is 70.7 Å². The van der Waals surface area contributed by atoms with E-state index in [4.69, 9.17) is 14.5 Å². The van der Waals surface area contributed by atoms with E-state index >= 15 is 4.39 Å². The summed E-state index contributed by atoms with van der Waals surface area (Å²) in [4.78, 5) is 19.3. The van der Waals surface area contributed by atoms with Crippen LogP contribution < -0.4 is 4.74 Å². The van der Waals surface area contributed by atoms with Gasteiger partial charge in [0.05, 0.1) is 17.7 Å². The minimum Gasteiger partial charge on any atom is -0.493 e. The van der Waals surface area contributed by atoms with Gasteiger partial charge in [0.2, 0.25) is 0 Å². The molecule has 2 heterocycles. The molecule has 3 aromatic carbocycles. The van der Waals surface area contributed by atoms with Gasteiger partial charge < -0.3 is 19.5 Å². The summed E-state index contributed by atoms with van der Waals surface area (Å²) < 4.78 is 28.0. The van der Waals surface area contributed by atoms with Gasteiger partial charge in [-0.3, -0.25) is 4.98 Å². The number of pyridine rings is 1. The van der Waals surface area contributed by atoms with Crippen LogP contribution in [0.3, 0.4) is 0 Å². The zero-order valence-corrected chi connectivity index (χ0v) is 22.7. The molecule has 1 atom stereocenters. The van der Waals surface area contributed by atoms with E-state index in [1.807, 2.05) is 71.0 Å². The summed E-state index contributed by atoms with van der Waals surface area (Å²) in [5, 5.41) is 12.3. The molecule has 7 heteroatoms. The topological polar surface area (TPSA) is 71.9 Å². The van der Waals surface area contributed by atoms with Crippen LogP contribution in [0.2, 0.25) is 0 Å². The Bertz CT molecular complexity index is 1560. The van der Waals surface area contributed by atoms with Crippen LogP contribution in [0.15, 0.2) is 42.6 Å². The number of nitrogens with zero attached hydrogens (tertiary/aromatic N) is 2. The first-order chi connectivity index (χ1) is 18.0. The fraction of sp³-hybridized carbons (Fsp3) is 0.355. The largest absolute Gasteiger partial charge is 0.493 e. The number of carbonyl (C=O) groups is 1. The highest BCUT2D eigenvalue weighted by molar-refractivity contribution is 6.09. The van der Waals surface area contributed by atoms with Crippen LogP contribution in [-0.4, -0.2) is 47.3 Å². The van der Waals surface area contributed by atoms with Crippen LogP contribution in [0.4, 0.5) is 4.39 Å². The third kappa shape index (κ3) is 4.61. The molecule has 0 bridgehead atoms. The van der Waals surface area contributed by atoms with Crippen molar-refractivity contribution in [1.29, 1.82) is 0 Å². The average Bonchev–Trinajstić information content (AvgIpc) is 2.84. The number of aliphatic carboxylic acids is 1. The molecule has 1 aromatic heterocycles. The monoisotopic (exact) mass is 516 g/mol. The normalized spacial score (nSPS) is 14.2. The van der Waals surface area contributed by atoms with E-state index in [1.165, 1.54) is 0 Å². The Labute approximate surface area is 222 Å². The second-order valence-corrected chi connectivity index (χ2v) is 11.2. The van der Waals surface area contributed by atoms with Crippen LogP contribution in [0.5, 0.6) is 5.75 Å². The molecule has 1 unspecified atom stereocenters. The molecule has 6 nitrogen and oxygen atoms in total. The van der Waals surface area contributed by atoms with E-state index in [0.717, 1.165) is 28.7 Å². The fourth-order valence-corrected chi connectivity index (χ4v) is 5.41.